The van der Waals surface area contributed by atoms with E-state index in [9.17, 15) is 4.79 Å². The zero-order valence-corrected chi connectivity index (χ0v) is 13.6. The first kappa shape index (κ1) is 16.1. The van der Waals surface area contributed by atoms with Crippen LogP contribution in [0.3, 0.4) is 0 Å². The lowest BCUT2D eigenvalue weighted by molar-refractivity contribution is -0.145. The molecule has 1 unspecified atom stereocenters. The van der Waals surface area contributed by atoms with Crippen LogP contribution in [-0.2, 0) is 16.1 Å². The fourth-order valence-corrected chi connectivity index (χ4v) is 2.56. The molecule has 0 amide bonds. The minimum Gasteiger partial charge on any atom is -0.487 e. The van der Waals surface area contributed by atoms with Gasteiger partial charge in [0.2, 0.25) is 0 Å². The number of carbonyl (C=O) groups excluding carboxylic acids is 1. The Kier molecular flexibility index (Phi) is 5.11. The van der Waals surface area contributed by atoms with Gasteiger partial charge in [-0.1, -0.05) is 18.2 Å². The number of nitrogens with zero attached hydrogens (tertiary/aromatic N) is 1. The average Bonchev–Trinajstić information content (AvgIpc) is 3.12. The second-order valence-corrected chi connectivity index (χ2v) is 5.48. The van der Waals surface area contributed by atoms with Gasteiger partial charge >= 0.3 is 5.97 Å². The SMILES string of the molecule is CCOC(=O)C1CC(c2cccc(OCc3ccccn3)c2)=CN1. The molecule has 0 saturated heterocycles. The Morgan fingerprint density at radius 3 is 3.00 bits per heavy atom. The normalized spacial score (nSPS) is 16.2. The van der Waals surface area contributed by atoms with E-state index in [4.69, 9.17) is 9.47 Å². The molecule has 1 aliphatic heterocycles. The van der Waals surface area contributed by atoms with Crippen molar-refractivity contribution in [1.82, 2.24) is 10.3 Å². The second-order valence-electron chi connectivity index (χ2n) is 5.48. The molecule has 0 spiro atoms. The number of hydrogen-bond acceptors (Lipinski definition) is 5. The maximum Gasteiger partial charge on any atom is 0.328 e. The zero-order valence-electron chi connectivity index (χ0n) is 13.6. The molecule has 5 nitrogen and oxygen atoms in total. The summed E-state index contributed by atoms with van der Waals surface area (Å²) in [6.45, 7) is 2.62. The minimum absolute atomic E-state index is 0.216. The zero-order chi connectivity index (χ0) is 16.8. The van der Waals surface area contributed by atoms with Gasteiger partial charge in [0.05, 0.1) is 12.3 Å². The van der Waals surface area contributed by atoms with Crippen LogP contribution in [-0.4, -0.2) is 23.6 Å². The topological polar surface area (TPSA) is 60.5 Å². The van der Waals surface area contributed by atoms with Crippen LogP contribution in [0.2, 0.25) is 0 Å². The standard InChI is InChI=1S/C19H20N2O3/c1-2-23-19(22)18-11-15(12-21-18)14-6-5-8-17(10-14)24-13-16-7-3-4-9-20-16/h3-10,12,18,21H,2,11,13H2,1H3. The summed E-state index contributed by atoms with van der Waals surface area (Å²) in [5, 5.41) is 3.08. The van der Waals surface area contributed by atoms with E-state index in [0.29, 0.717) is 19.6 Å². The molecule has 1 aliphatic rings. The van der Waals surface area contributed by atoms with E-state index in [0.717, 1.165) is 22.6 Å². The molecule has 0 bridgehead atoms. The van der Waals surface area contributed by atoms with Crippen molar-refractivity contribution in [2.24, 2.45) is 0 Å². The number of aromatic nitrogens is 1. The van der Waals surface area contributed by atoms with Crippen LogP contribution in [0.1, 0.15) is 24.6 Å². The second kappa shape index (κ2) is 7.64. The van der Waals surface area contributed by atoms with E-state index < -0.39 is 0 Å². The lowest BCUT2D eigenvalue weighted by Crippen LogP contribution is -2.31. The van der Waals surface area contributed by atoms with Crippen molar-refractivity contribution in [1.29, 1.82) is 0 Å². The fourth-order valence-electron chi connectivity index (χ4n) is 2.56. The third-order valence-electron chi connectivity index (χ3n) is 3.77. The van der Waals surface area contributed by atoms with E-state index in [1.807, 2.05) is 55.6 Å². The van der Waals surface area contributed by atoms with Crippen LogP contribution < -0.4 is 10.1 Å². The Bertz CT molecular complexity index is 728. The van der Waals surface area contributed by atoms with Gasteiger partial charge < -0.3 is 14.8 Å². The van der Waals surface area contributed by atoms with Crippen molar-refractivity contribution in [2.45, 2.75) is 26.0 Å². The van der Waals surface area contributed by atoms with Crippen LogP contribution in [0.4, 0.5) is 0 Å². The highest BCUT2D eigenvalue weighted by molar-refractivity contribution is 5.82. The number of hydrogen-bond donors (Lipinski definition) is 1. The molecule has 5 heteroatoms. The number of benzene rings is 1. The van der Waals surface area contributed by atoms with Crippen LogP contribution in [0.25, 0.3) is 5.57 Å². The Labute approximate surface area is 141 Å². The molecule has 0 saturated carbocycles. The first-order valence-electron chi connectivity index (χ1n) is 8.01. The number of pyridine rings is 1. The maximum atomic E-state index is 11.8. The lowest BCUT2D eigenvalue weighted by Gasteiger charge is -2.10. The average molecular weight is 324 g/mol. The van der Waals surface area contributed by atoms with E-state index in [1.54, 1.807) is 6.20 Å². The molecule has 0 fully saturated rings. The molecule has 124 valence electrons. The Balaban J connectivity index is 1.62. The van der Waals surface area contributed by atoms with Crippen LogP contribution >= 0.6 is 0 Å². The highest BCUT2D eigenvalue weighted by Crippen LogP contribution is 2.27. The third-order valence-corrected chi connectivity index (χ3v) is 3.77. The molecule has 2 aromatic rings. The Hall–Kier alpha value is -2.82. The first-order chi connectivity index (χ1) is 11.8. The van der Waals surface area contributed by atoms with Crippen LogP contribution in [0, 0.1) is 0 Å². The number of rotatable bonds is 6. The molecule has 0 radical (unpaired) electrons. The van der Waals surface area contributed by atoms with Gasteiger partial charge in [0.15, 0.2) is 0 Å². The Morgan fingerprint density at radius 1 is 1.29 bits per heavy atom. The minimum atomic E-state index is -0.307. The van der Waals surface area contributed by atoms with Crippen molar-refractivity contribution in [3.8, 4) is 5.75 Å². The largest absolute Gasteiger partial charge is 0.487 e. The molecule has 24 heavy (non-hydrogen) atoms. The van der Waals surface area contributed by atoms with Crippen molar-refractivity contribution in [3.05, 3.63) is 66.1 Å². The van der Waals surface area contributed by atoms with Gasteiger partial charge in [-0.2, -0.15) is 0 Å². The molecule has 0 aliphatic carbocycles. The van der Waals surface area contributed by atoms with Crippen LogP contribution in [0.5, 0.6) is 5.75 Å². The smallest absolute Gasteiger partial charge is 0.328 e. The van der Waals surface area contributed by atoms with E-state index in [1.165, 1.54) is 0 Å². The lowest BCUT2D eigenvalue weighted by atomic mass is 10.0. The van der Waals surface area contributed by atoms with Gasteiger partial charge in [0.1, 0.15) is 18.4 Å². The highest BCUT2D eigenvalue weighted by atomic mass is 16.5. The first-order valence-corrected chi connectivity index (χ1v) is 8.01. The van der Waals surface area contributed by atoms with E-state index in [2.05, 4.69) is 10.3 Å². The predicted octanol–water partition coefficient (Wildman–Crippen LogP) is 2.93. The van der Waals surface area contributed by atoms with Gasteiger partial charge in [-0.3, -0.25) is 4.98 Å². The molecule has 3 rings (SSSR count). The summed E-state index contributed by atoms with van der Waals surface area (Å²) >= 11 is 0. The monoisotopic (exact) mass is 324 g/mol. The molecule has 1 aromatic carbocycles. The Morgan fingerprint density at radius 2 is 2.21 bits per heavy atom. The molecular weight excluding hydrogens is 304 g/mol. The number of nitrogens with one attached hydrogen (secondary N) is 1. The highest BCUT2D eigenvalue weighted by Gasteiger charge is 2.25. The predicted molar refractivity (Wildman–Crippen MR) is 91.2 cm³/mol. The molecule has 2 heterocycles. The number of carbonyl (C=O) groups is 1. The summed E-state index contributed by atoms with van der Waals surface area (Å²) in [7, 11) is 0. The third kappa shape index (κ3) is 3.93. The summed E-state index contributed by atoms with van der Waals surface area (Å²) in [5.41, 5.74) is 2.98. The summed E-state index contributed by atoms with van der Waals surface area (Å²) in [4.78, 5) is 16.0. The quantitative estimate of drug-likeness (QED) is 0.828. The van der Waals surface area contributed by atoms with Gasteiger partial charge in [-0.15, -0.1) is 0 Å². The fraction of sp³-hybridized carbons (Fsp3) is 0.263. The summed E-state index contributed by atoms with van der Waals surface area (Å²) in [5.74, 6) is 0.560. The summed E-state index contributed by atoms with van der Waals surface area (Å²) < 4.78 is 10.9. The summed E-state index contributed by atoms with van der Waals surface area (Å²) in [6.07, 6.45) is 4.24. The van der Waals surface area contributed by atoms with Crippen molar-refractivity contribution >= 4 is 11.5 Å². The van der Waals surface area contributed by atoms with Gasteiger partial charge in [-0.25, -0.2) is 4.79 Å². The van der Waals surface area contributed by atoms with Crippen molar-refractivity contribution in [2.75, 3.05) is 6.61 Å². The number of ether oxygens (including phenoxy) is 2. The van der Waals surface area contributed by atoms with Crippen molar-refractivity contribution in [3.63, 3.8) is 0 Å². The maximum absolute atomic E-state index is 11.8. The van der Waals surface area contributed by atoms with Gasteiger partial charge in [-0.05, 0) is 42.3 Å². The molecular formula is C19H20N2O3. The van der Waals surface area contributed by atoms with Crippen LogP contribution in [0.15, 0.2) is 54.9 Å². The summed E-state index contributed by atoms with van der Waals surface area (Å²) in [6, 6.07) is 13.3. The molecule has 1 atom stereocenters. The molecule has 1 N–H and O–H groups in total. The number of esters is 1. The van der Waals surface area contributed by atoms with Gasteiger partial charge in [0.25, 0.3) is 0 Å². The van der Waals surface area contributed by atoms with E-state index in [-0.39, 0.29) is 12.0 Å². The molecule has 1 aromatic heterocycles. The van der Waals surface area contributed by atoms with E-state index >= 15 is 0 Å². The van der Waals surface area contributed by atoms with Gasteiger partial charge in [0, 0.05) is 18.8 Å². The van der Waals surface area contributed by atoms with Crippen molar-refractivity contribution < 1.29 is 14.3 Å².